The van der Waals surface area contributed by atoms with Gasteiger partial charge in [-0.3, -0.25) is 9.78 Å². The standard InChI is InChI=1S/C18H16N6O/c1-23-9-16(21-11-23)18(25)6-13-5-15-12(7-20-13)3-4-14(22-15)17-8-19-10-24(17)2/h3-5,7-11H,6H2,1-2H3. The van der Waals surface area contributed by atoms with E-state index in [0.29, 0.717) is 11.4 Å². The zero-order valence-corrected chi connectivity index (χ0v) is 13.9. The highest BCUT2D eigenvalue weighted by atomic mass is 16.1. The lowest BCUT2D eigenvalue weighted by molar-refractivity contribution is 0.0987. The number of carbonyl (C=O) groups is 1. The number of aryl methyl sites for hydroxylation is 2. The summed E-state index contributed by atoms with van der Waals surface area (Å²) < 4.78 is 3.67. The fraction of sp³-hybridized carbons (Fsp3) is 0.167. The highest BCUT2D eigenvalue weighted by Gasteiger charge is 2.12. The Balaban J connectivity index is 1.67. The SMILES string of the molecule is Cn1cnc(C(=O)Cc2cc3nc(-c4cncn4C)ccc3cn2)c1. The van der Waals surface area contributed by atoms with E-state index in [9.17, 15) is 4.79 Å². The number of rotatable bonds is 4. The fourth-order valence-electron chi connectivity index (χ4n) is 2.71. The number of hydrogen-bond donors (Lipinski definition) is 0. The van der Waals surface area contributed by atoms with Crippen molar-refractivity contribution in [3.63, 3.8) is 0 Å². The van der Waals surface area contributed by atoms with Crippen LogP contribution in [0.2, 0.25) is 0 Å². The second kappa shape index (κ2) is 5.94. The van der Waals surface area contributed by atoms with Gasteiger partial charge in [-0.05, 0) is 18.2 Å². The van der Waals surface area contributed by atoms with Crippen molar-refractivity contribution in [2.75, 3.05) is 0 Å². The Bertz CT molecular complexity index is 1080. The van der Waals surface area contributed by atoms with Gasteiger partial charge in [0.15, 0.2) is 5.78 Å². The lowest BCUT2D eigenvalue weighted by Crippen LogP contribution is -2.05. The summed E-state index contributed by atoms with van der Waals surface area (Å²) in [7, 11) is 3.76. The molecule has 0 saturated heterocycles. The predicted molar refractivity (Wildman–Crippen MR) is 93.0 cm³/mol. The molecule has 0 saturated carbocycles. The zero-order valence-electron chi connectivity index (χ0n) is 13.9. The minimum Gasteiger partial charge on any atom is -0.340 e. The first kappa shape index (κ1) is 15.2. The van der Waals surface area contributed by atoms with Gasteiger partial charge in [-0.25, -0.2) is 15.0 Å². The number of carbonyl (C=O) groups excluding carboxylic acids is 1. The van der Waals surface area contributed by atoms with E-state index >= 15 is 0 Å². The summed E-state index contributed by atoms with van der Waals surface area (Å²) in [6, 6.07) is 5.78. The summed E-state index contributed by atoms with van der Waals surface area (Å²) >= 11 is 0. The molecule has 7 nitrogen and oxygen atoms in total. The van der Waals surface area contributed by atoms with E-state index in [1.807, 2.05) is 36.9 Å². The summed E-state index contributed by atoms with van der Waals surface area (Å²) in [6.45, 7) is 0. The number of Topliss-reactive ketones (excluding diaryl/α,β-unsaturated/α-hetero) is 1. The van der Waals surface area contributed by atoms with Crippen LogP contribution in [0.3, 0.4) is 0 Å². The van der Waals surface area contributed by atoms with Gasteiger partial charge in [0.05, 0.1) is 47.9 Å². The van der Waals surface area contributed by atoms with Crippen LogP contribution in [0, 0.1) is 0 Å². The molecule has 25 heavy (non-hydrogen) atoms. The van der Waals surface area contributed by atoms with Crippen molar-refractivity contribution in [2.24, 2.45) is 14.1 Å². The Morgan fingerprint density at radius 3 is 2.72 bits per heavy atom. The summed E-state index contributed by atoms with van der Waals surface area (Å²) in [5, 5.41) is 0.931. The molecule has 0 spiro atoms. The lowest BCUT2D eigenvalue weighted by atomic mass is 10.1. The minimum absolute atomic E-state index is 0.0600. The number of imidazole rings is 2. The molecule has 0 amide bonds. The smallest absolute Gasteiger partial charge is 0.188 e. The number of pyridine rings is 2. The van der Waals surface area contributed by atoms with E-state index in [-0.39, 0.29) is 12.2 Å². The van der Waals surface area contributed by atoms with Crippen molar-refractivity contribution in [2.45, 2.75) is 6.42 Å². The maximum absolute atomic E-state index is 12.3. The van der Waals surface area contributed by atoms with Gasteiger partial charge in [-0.1, -0.05) is 0 Å². The van der Waals surface area contributed by atoms with Crippen molar-refractivity contribution >= 4 is 16.7 Å². The van der Waals surface area contributed by atoms with Gasteiger partial charge in [0.25, 0.3) is 0 Å². The fourth-order valence-corrected chi connectivity index (χ4v) is 2.71. The van der Waals surface area contributed by atoms with Crippen molar-refractivity contribution in [3.8, 4) is 11.4 Å². The molecule has 0 atom stereocenters. The van der Waals surface area contributed by atoms with E-state index in [1.165, 1.54) is 0 Å². The first-order chi connectivity index (χ1) is 12.1. The Labute approximate surface area is 144 Å². The van der Waals surface area contributed by atoms with Gasteiger partial charge in [0, 0.05) is 31.9 Å². The highest BCUT2D eigenvalue weighted by Crippen LogP contribution is 2.20. The molecular weight excluding hydrogens is 316 g/mol. The summed E-state index contributed by atoms with van der Waals surface area (Å²) in [6.07, 6.45) is 8.79. The van der Waals surface area contributed by atoms with Gasteiger partial charge in [-0.15, -0.1) is 0 Å². The minimum atomic E-state index is -0.0600. The number of fused-ring (bicyclic) bond motifs is 1. The molecule has 124 valence electrons. The molecule has 7 heteroatoms. The van der Waals surface area contributed by atoms with Gasteiger partial charge in [0.2, 0.25) is 0 Å². The molecule has 4 rings (SSSR count). The molecule has 0 radical (unpaired) electrons. The Morgan fingerprint density at radius 2 is 2.00 bits per heavy atom. The Morgan fingerprint density at radius 1 is 1.12 bits per heavy atom. The normalized spacial score (nSPS) is 11.1. The molecule has 0 fully saturated rings. The van der Waals surface area contributed by atoms with Gasteiger partial charge in [-0.2, -0.15) is 0 Å². The van der Waals surface area contributed by atoms with Gasteiger partial charge < -0.3 is 9.13 Å². The maximum atomic E-state index is 12.3. The summed E-state index contributed by atoms with van der Waals surface area (Å²) in [5.41, 5.74) is 3.70. The molecule has 4 aromatic rings. The van der Waals surface area contributed by atoms with Crippen LogP contribution in [-0.2, 0) is 20.5 Å². The predicted octanol–water partition coefficient (Wildman–Crippen LogP) is 2.19. The second-order valence-electron chi connectivity index (χ2n) is 5.98. The average Bonchev–Trinajstić information content (AvgIpc) is 3.22. The zero-order chi connectivity index (χ0) is 17.4. The monoisotopic (exact) mass is 332 g/mol. The topological polar surface area (TPSA) is 78.5 Å². The average molecular weight is 332 g/mol. The highest BCUT2D eigenvalue weighted by molar-refractivity contribution is 5.95. The van der Waals surface area contributed by atoms with Crippen LogP contribution >= 0.6 is 0 Å². The van der Waals surface area contributed by atoms with Crippen molar-refractivity contribution in [1.82, 2.24) is 29.1 Å². The van der Waals surface area contributed by atoms with Gasteiger partial charge in [0.1, 0.15) is 5.69 Å². The molecule has 0 aliphatic carbocycles. The Kier molecular flexibility index (Phi) is 3.61. The maximum Gasteiger partial charge on any atom is 0.188 e. The molecule has 0 aliphatic heterocycles. The van der Waals surface area contributed by atoms with Crippen LogP contribution in [0.4, 0.5) is 0 Å². The number of aromatic nitrogens is 6. The van der Waals surface area contributed by atoms with Crippen molar-refractivity contribution < 1.29 is 4.79 Å². The third kappa shape index (κ3) is 2.91. The van der Waals surface area contributed by atoms with Crippen molar-refractivity contribution in [3.05, 3.63) is 60.8 Å². The summed E-state index contributed by atoms with van der Waals surface area (Å²) in [4.78, 5) is 29.6. The van der Waals surface area contributed by atoms with Crippen LogP contribution in [0.1, 0.15) is 16.2 Å². The third-order valence-corrected chi connectivity index (χ3v) is 4.04. The quantitative estimate of drug-likeness (QED) is 0.535. The van der Waals surface area contributed by atoms with Crippen molar-refractivity contribution in [1.29, 1.82) is 0 Å². The Hall–Kier alpha value is -3.35. The summed E-state index contributed by atoms with van der Waals surface area (Å²) in [5.74, 6) is -0.0600. The third-order valence-electron chi connectivity index (χ3n) is 4.04. The van der Waals surface area contributed by atoms with Crippen LogP contribution in [0.25, 0.3) is 22.3 Å². The van der Waals surface area contributed by atoms with E-state index < -0.39 is 0 Å². The largest absolute Gasteiger partial charge is 0.340 e. The number of hydrogen-bond acceptors (Lipinski definition) is 5. The molecular formula is C18H16N6O. The van der Waals surface area contributed by atoms with Crippen LogP contribution in [0.5, 0.6) is 0 Å². The van der Waals surface area contributed by atoms with E-state index in [1.54, 1.807) is 35.8 Å². The molecule has 4 heterocycles. The molecule has 0 bridgehead atoms. The van der Waals surface area contributed by atoms with Gasteiger partial charge >= 0.3 is 0 Å². The molecule has 0 aromatic carbocycles. The molecule has 0 N–H and O–H groups in total. The second-order valence-corrected chi connectivity index (χ2v) is 5.98. The van der Waals surface area contributed by atoms with E-state index in [2.05, 4.69) is 15.0 Å². The first-order valence-electron chi connectivity index (χ1n) is 7.84. The van der Waals surface area contributed by atoms with Crippen LogP contribution in [0.15, 0.2) is 49.4 Å². The molecule has 0 unspecified atom stereocenters. The van der Waals surface area contributed by atoms with E-state index in [4.69, 9.17) is 4.98 Å². The van der Waals surface area contributed by atoms with E-state index in [0.717, 1.165) is 22.3 Å². The van der Waals surface area contributed by atoms with Crippen LogP contribution in [-0.4, -0.2) is 34.9 Å². The number of nitrogens with zero attached hydrogens (tertiary/aromatic N) is 6. The number of ketones is 1. The lowest BCUT2D eigenvalue weighted by Gasteiger charge is -2.05. The molecule has 0 aliphatic rings. The molecule has 4 aromatic heterocycles. The van der Waals surface area contributed by atoms with Crippen LogP contribution < -0.4 is 0 Å². The first-order valence-corrected chi connectivity index (χ1v) is 7.84.